The monoisotopic (exact) mass is 663 g/mol. The van der Waals surface area contributed by atoms with E-state index in [0.717, 1.165) is 39.1 Å². The molecule has 1 unspecified atom stereocenters. The number of amides is 2. The second kappa shape index (κ2) is 13.4. The van der Waals surface area contributed by atoms with Crippen LogP contribution in [0.1, 0.15) is 65.5 Å². The SMILES string of the molecule is O=C(O)CC(C(=O)N1CCC[C@](Cc2ccc(Cl)cc2)(NC(=O)OCC2c3ccccc3-c3ccccc32)C1)[C@H]1CCc2ncccc21. The minimum Gasteiger partial charge on any atom is -0.481 e. The average Bonchev–Trinajstić information content (AvgIpc) is 3.66. The van der Waals surface area contributed by atoms with Gasteiger partial charge in [-0.3, -0.25) is 14.6 Å². The number of carbonyl (C=O) groups excluding carboxylic acids is 2. The van der Waals surface area contributed by atoms with Crippen molar-refractivity contribution in [1.29, 1.82) is 0 Å². The first-order valence-electron chi connectivity index (χ1n) is 16.6. The fraction of sp³-hybridized carbons (Fsp3) is 0.333. The molecule has 8 nitrogen and oxygen atoms in total. The van der Waals surface area contributed by atoms with Crippen LogP contribution in [0.25, 0.3) is 11.1 Å². The molecule has 3 atom stereocenters. The maximum Gasteiger partial charge on any atom is 0.407 e. The third kappa shape index (κ3) is 6.41. The molecule has 2 heterocycles. The Bertz CT molecular complexity index is 1800. The first kappa shape index (κ1) is 31.9. The highest BCUT2D eigenvalue weighted by atomic mass is 35.5. The molecule has 48 heavy (non-hydrogen) atoms. The van der Waals surface area contributed by atoms with Crippen LogP contribution in [0.3, 0.4) is 0 Å². The molecule has 0 radical (unpaired) electrons. The highest BCUT2D eigenvalue weighted by molar-refractivity contribution is 6.30. The van der Waals surface area contributed by atoms with E-state index in [1.807, 2.05) is 60.7 Å². The van der Waals surface area contributed by atoms with Gasteiger partial charge in [-0.2, -0.15) is 0 Å². The van der Waals surface area contributed by atoms with E-state index in [0.29, 0.717) is 43.7 Å². The number of carboxylic acid groups (broad SMARTS) is 1. The summed E-state index contributed by atoms with van der Waals surface area (Å²) in [6, 6.07) is 27.7. The molecule has 0 bridgehead atoms. The van der Waals surface area contributed by atoms with Crippen LogP contribution in [0.2, 0.25) is 5.02 Å². The standard InChI is InChI=1S/C39H38ClN3O5/c40-26-14-12-25(13-15-26)22-39(42-38(47)48-23-34-29-9-3-1-7-27(29)28-8-2-4-10-30(28)34)18-6-20-43(24-39)37(46)33(21-36(44)45)31-16-17-35-32(31)11-5-19-41-35/h1-5,7-15,19,31,33-34H,6,16-18,20-24H2,(H,42,47)(H,44,45)/t31-,33?,39+/m0/s1. The number of carbonyl (C=O) groups is 3. The number of halogens is 1. The Kier molecular flexibility index (Phi) is 8.92. The van der Waals surface area contributed by atoms with Gasteiger partial charge in [0.2, 0.25) is 5.91 Å². The van der Waals surface area contributed by atoms with Crippen LogP contribution in [0, 0.1) is 5.92 Å². The van der Waals surface area contributed by atoms with Crippen molar-refractivity contribution in [2.24, 2.45) is 5.92 Å². The second-order valence-electron chi connectivity index (χ2n) is 13.3. The lowest BCUT2D eigenvalue weighted by atomic mass is 9.80. The minimum atomic E-state index is -1.01. The van der Waals surface area contributed by atoms with Crippen molar-refractivity contribution in [2.45, 2.75) is 55.9 Å². The molecule has 9 heteroatoms. The van der Waals surface area contributed by atoms with E-state index in [4.69, 9.17) is 16.3 Å². The van der Waals surface area contributed by atoms with Crippen molar-refractivity contribution in [3.05, 3.63) is 124 Å². The number of benzene rings is 3. The molecule has 246 valence electrons. The summed E-state index contributed by atoms with van der Waals surface area (Å²) in [4.78, 5) is 46.3. The Hall–Kier alpha value is -4.69. The Labute approximate surface area is 285 Å². The summed E-state index contributed by atoms with van der Waals surface area (Å²) in [6.45, 7) is 0.896. The molecule has 7 rings (SSSR count). The van der Waals surface area contributed by atoms with E-state index in [9.17, 15) is 19.5 Å². The Morgan fingerprint density at radius 2 is 1.65 bits per heavy atom. The van der Waals surface area contributed by atoms with Gasteiger partial charge in [-0.15, -0.1) is 0 Å². The number of nitrogens with zero attached hydrogens (tertiary/aromatic N) is 2. The Morgan fingerprint density at radius 1 is 0.958 bits per heavy atom. The van der Waals surface area contributed by atoms with Gasteiger partial charge in [-0.25, -0.2) is 4.79 Å². The number of hydrogen-bond acceptors (Lipinski definition) is 5. The van der Waals surface area contributed by atoms with Crippen LogP contribution in [-0.2, 0) is 27.2 Å². The van der Waals surface area contributed by atoms with Crippen molar-refractivity contribution in [1.82, 2.24) is 15.2 Å². The topological polar surface area (TPSA) is 109 Å². The summed E-state index contributed by atoms with van der Waals surface area (Å²) in [5, 5.41) is 13.7. The second-order valence-corrected chi connectivity index (χ2v) is 13.7. The lowest BCUT2D eigenvalue weighted by molar-refractivity contribution is -0.146. The highest BCUT2D eigenvalue weighted by Crippen LogP contribution is 2.45. The third-order valence-electron chi connectivity index (χ3n) is 10.3. The summed E-state index contributed by atoms with van der Waals surface area (Å²) < 4.78 is 5.98. The van der Waals surface area contributed by atoms with Crippen molar-refractivity contribution in [2.75, 3.05) is 19.7 Å². The van der Waals surface area contributed by atoms with Gasteiger partial charge in [-0.05, 0) is 89.6 Å². The number of alkyl carbamates (subject to hydrolysis) is 1. The first-order chi connectivity index (χ1) is 23.3. The predicted octanol–water partition coefficient (Wildman–Crippen LogP) is 7.00. The molecule has 0 spiro atoms. The first-order valence-corrected chi connectivity index (χ1v) is 17.0. The fourth-order valence-electron chi connectivity index (χ4n) is 8.14. The number of fused-ring (bicyclic) bond motifs is 4. The fourth-order valence-corrected chi connectivity index (χ4v) is 8.27. The predicted molar refractivity (Wildman–Crippen MR) is 183 cm³/mol. The number of ether oxygens (including phenoxy) is 1. The van der Waals surface area contributed by atoms with Gasteiger partial charge in [0.05, 0.1) is 17.9 Å². The average molecular weight is 664 g/mol. The number of aliphatic carboxylic acids is 1. The van der Waals surface area contributed by atoms with Crippen molar-refractivity contribution in [3.63, 3.8) is 0 Å². The maximum atomic E-state index is 14.3. The maximum absolute atomic E-state index is 14.3. The van der Waals surface area contributed by atoms with E-state index >= 15 is 0 Å². The Morgan fingerprint density at radius 3 is 2.35 bits per heavy atom. The number of aromatic nitrogens is 1. The van der Waals surface area contributed by atoms with Crippen LogP contribution < -0.4 is 5.32 Å². The number of carboxylic acids is 1. The van der Waals surface area contributed by atoms with Crippen LogP contribution in [0.5, 0.6) is 0 Å². The number of rotatable bonds is 9. The molecule has 3 aromatic carbocycles. The van der Waals surface area contributed by atoms with Crippen LogP contribution in [-0.4, -0.2) is 58.2 Å². The summed E-state index contributed by atoms with van der Waals surface area (Å²) in [7, 11) is 0. The lowest BCUT2D eigenvalue weighted by Crippen LogP contribution is -2.61. The van der Waals surface area contributed by atoms with Gasteiger partial charge in [0.25, 0.3) is 0 Å². The van der Waals surface area contributed by atoms with E-state index in [1.54, 1.807) is 11.1 Å². The zero-order valence-corrected chi connectivity index (χ0v) is 27.4. The minimum absolute atomic E-state index is 0.0830. The normalized spacial score (nSPS) is 20.4. The van der Waals surface area contributed by atoms with Gasteiger partial charge in [0, 0.05) is 35.9 Å². The largest absolute Gasteiger partial charge is 0.481 e. The summed E-state index contributed by atoms with van der Waals surface area (Å²) in [6.07, 6.45) is 4.05. The van der Waals surface area contributed by atoms with Crippen LogP contribution in [0.4, 0.5) is 4.79 Å². The third-order valence-corrected chi connectivity index (χ3v) is 10.5. The zero-order valence-electron chi connectivity index (χ0n) is 26.6. The van der Waals surface area contributed by atoms with E-state index in [2.05, 4.69) is 34.6 Å². The number of hydrogen-bond donors (Lipinski definition) is 2. The van der Waals surface area contributed by atoms with Crippen LogP contribution >= 0.6 is 11.6 Å². The molecule has 2 amide bonds. The zero-order chi connectivity index (χ0) is 33.3. The number of piperidine rings is 1. The molecule has 1 aliphatic heterocycles. The molecule has 1 fully saturated rings. The molecule has 4 aromatic rings. The van der Waals surface area contributed by atoms with E-state index in [-0.39, 0.29) is 37.3 Å². The van der Waals surface area contributed by atoms with Crippen molar-refractivity contribution < 1.29 is 24.2 Å². The van der Waals surface area contributed by atoms with Gasteiger partial charge in [-0.1, -0.05) is 78.3 Å². The highest BCUT2D eigenvalue weighted by Gasteiger charge is 2.44. The van der Waals surface area contributed by atoms with Gasteiger partial charge in [0.1, 0.15) is 6.61 Å². The van der Waals surface area contributed by atoms with Crippen molar-refractivity contribution in [3.8, 4) is 11.1 Å². The molecular weight excluding hydrogens is 626 g/mol. The molecular formula is C39H38ClN3O5. The van der Waals surface area contributed by atoms with Gasteiger partial charge in [0.15, 0.2) is 0 Å². The lowest BCUT2D eigenvalue weighted by Gasteiger charge is -2.44. The number of pyridine rings is 1. The summed E-state index contributed by atoms with van der Waals surface area (Å²) in [5.74, 6) is -2.24. The van der Waals surface area contributed by atoms with Gasteiger partial charge >= 0.3 is 12.1 Å². The number of aryl methyl sites for hydroxylation is 1. The quantitative estimate of drug-likeness (QED) is 0.200. The molecule has 0 saturated carbocycles. The number of nitrogens with one attached hydrogen (secondary N) is 1. The number of likely N-dealkylation sites (tertiary alicyclic amines) is 1. The molecule has 2 N–H and O–H groups in total. The molecule has 1 saturated heterocycles. The molecule has 1 aromatic heterocycles. The molecule has 3 aliphatic rings. The van der Waals surface area contributed by atoms with Gasteiger partial charge < -0.3 is 20.1 Å². The Balaban J connectivity index is 1.12. The van der Waals surface area contributed by atoms with E-state index in [1.165, 1.54) is 0 Å². The molecule has 2 aliphatic carbocycles. The van der Waals surface area contributed by atoms with Crippen LogP contribution in [0.15, 0.2) is 91.1 Å². The van der Waals surface area contributed by atoms with Crippen molar-refractivity contribution >= 4 is 29.6 Å². The summed E-state index contributed by atoms with van der Waals surface area (Å²) in [5.41, 5.74) is 6.59. The smallest absolute Gasteiger partial charge is 0.407 e. The summed E-state index contributed by atoms with van der Waals surface area (Å²) >= 11 is 6.19. The van der Waals surface area contributed by atoms with E-state index < -0.39 is 23.5 Å².